The molecule has 0 saturated carbocycles. The molecule has 0 heterocycles. The van der Waals surface area contributed by atoms with Crippen LogP contribution >= 0.6 is 0 Å². The van der Waals surface area contributed by atoms with Gasteiger partial charge in [0.05, 0.1) is 26.4 Å². The first-order chi connectivity index (χ1) is 8.95. The van der Waals surface area contributed by atoms with E-state index in [0.29, 0.717) is 31.8 Å². The fraction of sp³-hybridized carbons (Fsp3) is 0.929. The highest BCUT2D eigenvalue weighted by Crippen LogP contribution is 2.20. The van der Waals surface area contributed by atoms with Gasteiger partial charge < -0.3 is 19.5 Å². The largest absolute Gasteiger partial charge is 0.379 e. The smallest absolute Gasteiger partial charge is 0.245 e. The summed E-state index contributed by atoms with van der Waals surface area (Å²) in [5, 5.41) is 2.48. The molecule has 0 bridgehead atoms. The summed E-state index contributed by atoms with van der Waals surface area (Å²) in [6.45, 7) is 9.66. The Morgan fingerprint density at radius 1 is 0.947 bits per heavy atom. The minimum absolute atomic E-state index is 0.0865. The Morgan fingerprint density at radius 3 is 2.00 bits per heavy atom. The highest BCUT2D eigenvalue weighted by Gasteiger charge is 2.08. The second-order valence-corrected chi connectivity index (χ2v) is 5.61. The molecular formula is C14H29NO4. The number of ether oxygens (including phenoxy) is 3. The molecule has 0 aromatic carbocycles. The van der Waals surface area contributed by atoms with Crippen LogP contribution in [0.3, 0.4) is 0 Å². The SMILES string of the molecule is CNC(=O)COCCOCCOCCCC(C)(C)C. The van der Waals surface area contributed by atoms with Crippen LogP contribution < -0.4 is 5.32 Å². The first-order valence-corrected chi connectivity index (χ1v) is 6.89. The Balaban J connectivity index is 3.09. The highest BCUT2D eigenvalue weighted by molar-refractivity contribution is 5.76. The molecule has 0 aliphatic heterocycles. The Bertz CT molecular complexity index is 226. The van der Waals surface area contributed by atoms with Crippen LogP contribution in [0.1, 0.15) is 33.6 Å². The molecule has 0 aliphatic carbocycles. The molecule has 1 N–H and O–H groups in total. The summed E-state index contributed by atoms with van der Waals surface area (Å²) in [5.41, 5.74) is 0.377. The van der Waals surface area contributed by atoms with Gasteiger partial charge in [0.25, 0.3) is 0 Å². The van der Waals surface area contributed by atoms with Crippen molar-refractivity contribution < 1.29 is 19.0 Å². The van der Waals surface area contributed by atoms with Gasteiger partial charge in [0, 0.05) is 13.7 Å². The van der Waals surface area contributed by atoms with Gasteiger partial charge in [0.15, 0.2) is 0 Å². The second-order valence-electron chi connectivity index (χ2n) is 5.61. The zero-order chi connectivity index (χ0) is 14.6. The average molecular weight is 275 g/mol. The van der Waals surface area contributed by atoms with E-state index in [1.54, 1.807) is 7.05 Å². The van der Waals surface area contributed by atoms with Gasteiger partial charge in [-0.25, -0.2) is 0 Å². The number of rotatable bonds is 11. The Kier molecular flexibility index (Phi) is 10.8. The molecule has 5 heteroatoms. The van der Waals surface area contributed by atoms with Crippen LogP contribution in [-0.4, -0.2) is 52.6 Å². The van der Waals surface area contributed by atoms with Crippen molar-refractivity contribution in [3.8, 4) is 0 Å². The van der Waals surface area contributed by atoms with Crippen molar-refractivity contribution in [1.29, 1.82) is 0 Å². The lowest BCUT2D eigenvalue weighted by atomic mass is 9.91. The average Bonchev–Trinajstić information content (AvgIpc) is 2.34. The monoisotopic (exact) mass is 275 g/mol. The number of nitrogens with one attached hydrogen (secondary N) is 1. The lowest BCUT2D eigenvalue weighted by molar-refractivity contribution is -0.125. The number of carbonyl (C=O) groups excluding carboxylic acids is 1. The molecule has 0 spiro atoms. The van der Waals surface area contributed by atoms with Gasteiger partial charge in [-0.3, -0.25) is 4.79 Å². The van der Waals surface area contributed by atoms with Crippen molar-refractivity contribution in [3.63, 3.8) is 0 Å². The molecule has 0 aromatic heterocycles. The first kappa shape index (κ1) is 18.4. The molecular weight excluding hydrogens is 246 g/mol. The first-order valence-electron chi connectivity index (χ1n) is 6.89. The zero-order valence-electron chi connectivity index (χ0n) is 12.8. The van der Waals surface area contributed by atoms with E-state index in [1.165, 1.54) is 6.42 Å². The number of carbonyl (C=O) groups is 1. The van der Waals surface area contributed by atoms with Crippen molar-refractivity contribution in [2.24, 2.45) is 5.41 Å². The van der Waals surface area contributed by atoms with Crippen LogP contribution in [0.2, 0.25) is 0 Å². The third-order valence-electron chi connectivity index (χ3n) is 2.47. The van der Waals surface area contributed by atoms with Gasteiger partial charge in [0.1, 0.15) is 6.61 Å². The molecule has 19 heavy (non-hydrogen) atoms. The fourth-order valence-electron chi connectivity index (χ4n) is 1.38. The van der Waals surface area contributed by atoms with E-state index in [2.05, 4.69) is 26.1 Å². The quantitative estimate of drug-likeness (QED) is 0.582. The summed E-state index contributed by atoms with van der Waals surface area (Å²) in [6.07, 6.45) is 2.25. The second kappa shape index (κ2) is 11.2. The van der Waals surface area contributed by atoms with Gasteiger partial charge in [-0.15, -0.1) is 0 Å². The highest BCUT2D eigenvalue weighted by atomic mass is 16.5. The topological polar surface area (TPSA) is 56.8 Å². The van der Waals surface area contributed by atoms with Gasteiger partial charge in [0.2, 0.25) is 5.91 Å². The summed E-state index contributed by atoms with van der Waals surface area (Å²) in [7, 11) is 1.58. The van der Waals surface area contributed by atoms with Gasteiger partial charge in [-0.1, -0.05) is 20.8 Å². The maximum atomic E-state index is 10.8. The standard InChI is InChI=1S/C14H29NO4/c1-14(2,3)6-5-7-17-8-9-18-10-11-19-12-13(16)15-4/h5-12H2,1-4H3,(H,15,16). The minimum atomic E-state index is -0.123. The summed E-state index contributed by atoms with van der Waals surface area (Å²) < 4.78 is 15.9. The third-order valence-corrected chi connectivity index (χ3v) is 2.47. The van der Waals surface area contributed by atoms with Crippen LogP contribution in [-0.2, 0) is 19.0 Å². The van der Waals surface area contributed by atoms with Crippen molar-refractivity contribution in [2.75, 3.05) is 46.7 Å². The van der Waals surface area contributed by atoms with E-state index >= 15 is 0 Å². The maximum absolute atomic E-state index is 10.8. The molecule has 114 valence electrons. The molecule has 0 saturated heterocycles. The van der Waals surface area contributed by atoms with E-state index in [9.17, 15) is 4.79 Å². The summed E-state index contributed by atoms with van der Waals surface area (Å²) in [4.78, 5) is 10.8. The molecule has 1 amide bonds. The molecule has 0 unspecified atom stereocenters. The molecule has 0 fully saturated rings. The molecule has 0 aliphatic rings. The fourth-order valence-corrected chi connectivity index (χ4v) is 1.38. The minimum Gasteiger partial charge on any atom is -0.379 e. The normalized spacial score (nSPS) is 11.6. The van der Waals surface area contributed by atoms with Crippen molar-refractivity contribution in [3.05, 3.63) is 0 Å². The van der Waals surface area contributed by atoms with E-state index < -0.39 is 0 Å². The predicted octanol–water partition coefficient (Wildman–Crippen LogP) is 1.61. The van der Waals surface area contributed by atoms with E-state index in [1.807, 2.05) is 0 Å². The number of hydrogen-bond acceptors (Lipinski definition) is 4. The third kappa shape index (κ3) is 15.3. The van der Waals surface area contributed by atoms with E-state index in [0.717, 1.165) is 13.0 Å². The van der Waals surface area contributed by atoms with Crippen LogP contribution in [0.5, 0.6) is 0 Å². The van der Waals surface area contributed by atoms with Crippen molar-refractivity contribution in [1.82, 2.24) is 5.32 Å². The van der Waals surface area contributed by atoms with Crippen molar-refractivity contribution >= 4 is 5.91 Å². The van der Waals surface area contributed by atoms with Crippen LogP contribution in [0.4, 0.5) is 0 Å². The number of hydrogen-bond donors (Lipinski definition) is 1. The summed E-state index contributed by atoms with van der Waals surface area (Å²) in [6, 6.07) is 0. The number of amides is 1. The molecule has 0 radical (unpaired) electrons. The van der Waals surface area contributed by atoms with E-state index in [-0.39, 0.29) is 12.5 Å². The van der Waals surface area contributed by atoms with Crippen LogP contribution in [0.15, 0.2) is 0 Å². The number of likely N-dealkylation sites (N-methyl/N-ethyl adjacent to an activating group) is 1. The van der Waals surface area contributed by atoms with Gasteiger partial charge in [-0.2, -0.15) is 0 Å². The lowest BCUT2D eigenvalue weighted by Gasteiger charge is -2.17. The van der Waals surface area contributed by atoms with Crippen molar-refractivity contribution in [2.45, 2.75) is 33.6 Å². The van der Waals surface area contributed by atoms with Gasteiger partial charge >= 0.3 is 0 Å². The molecule has 0 atom stereocenters. The maximum Gasteiger partial charge on any atom is 0.245 e. The van der Waals surface area contributed by atoms with Gasteiger partial charge in [-0.05, 0) is 18.3 Å². The van der Waals surface area contributed by atoms with E-state index in [4.69, 9.17) is 14.2 Å². The predicted molar refractivity (Wildman–Crippen MR) is 75.2 cm³/mol. The molecule has 0 rings (SSSR count). The zero-order valence-corrected chi connectivity index (χ0v) is 12.8. The Morgan fingerprint density at radius 2 is 1.47 bits per heavy atom. The Labute approximate surface area is 117 Å². The summed E-state index contributed by atoms with van der Waals surface area (Å²) >= 11 is 0. The summed E-state index contributed by atoms with van der Waals surface area (Å²) in [5.74, 6) is -0.123. The molecule has 5 nitrogen and oxygen atoms in total. The Hall–Kier alpha value is -0.650. The lowest BCUT2D eigenvalue weighted by Crippen LogP contribution is -2.24. The van der Waals surface area contributed by atoms with Crippen LogP contribution in [0.25, 0.3) is 0 Å². The molecule has 0 aromatic rings. The van der Waals surface area contributed by atoms with Crippen LogP contribution in [0, 0.1) is 5.41 Å².